The smallest absolute Gasteiger partial charge is 0.259 e. The van der Waals surface area contributed by atoms with Gasteiger partial charge in [-0.1, -0.05) is 6.07 Å². The highest BCUT2D eigenvalue weighted by atomic mass is 19.2. The Morgan fingerprint density at radius 2 is 2.00 bits per heavy atom. The monoisotopic (exact) mass is 222 g/mol. The molecule has 1 amide bonds. The van der Waals surface area contributed by atoms with Crippen LogP contribution in [0.3, 0.4) is 0 Å². The maximum Gasteiger partial charge on any atom is 0.259 e. The first-order chi connectivity index (χ1) is 7.47. The van der Waals surface area contributed by atoms with Gasteiger partial charge in [0.25, 0.3) is 5.91 Å². The topological polar surface area (TPSA) is 66.9 Å². The molecule has 0 aliphatic rings. The van der Waals surface area contributed by atoms with Gasteiger partial charge in [0.2, 0.25) is 0 Å². The predicted octanol–water partition coefficient (Wildman–Crippen LogP) is 1.75. The highest BCUT2D eigenvalue weighted by Gasteiger charge is 2.11. The Morgan fingerprint density at radius 3 is 2.44 bits per heavy atom. The van der Waals surface area contributed by atoms with Crippen LogP contribution in [0.4, 0.5) is 8.78 Å². The van der Waals surface area contributed by atoms with Crippen LogP contribution in [0, 0.1) is 23.0 Å². The lowest BCUT2D eigenvalue weighted by Crippen LogP contribution is -2.14. The summed E-state index contributed by atoms with van der Waals surface area (Å²) in [6.45, 7) is 1.44. The van der Waals surface area contributed by atoms with Gasteiger partial charge in [-0.25, -0.2) is 8.78 Å². The number of carbonyl (C=O) groups is 1. The molecule has 0 bridgehead atoms. The Balaban J connectivity index is 3.34. The summed E-state index contributed by atoms with van der Waals surface area (Å²) in [6, 6.07) is 4.72. The van der Waals surface area contributed by atoms with Gasteiger partial charge in [0.1, 0.15) is 11.6 Å². The lowest BCUT2D eigenvalue weighted by Gasteiger charge is -2.03. The first kappa shape index (κ1) is 11.9. The van der Waals surface area contributed by atoms with E-state index in [-0.39, 0.29) is 16.7 Å². The van der Waals surface area contributed by atoms with Crippen molar-refractivity contribution in [2.75, 3.05) is 0 Å². The van der Waals surface area contributed by atoms with E-state index >= 15 is 0 Å². The molecule has 1 aromatic rings. The molecule has 0 saturated carbocycles. The van der Waals surface area contributed by atoms with E-state index in [4.69, 9.17) is 11.0 Å². The molecule has 3 nitrogen and oxygen atoms in total. The molecule has 1 aromatic carbocycles. The Bertz CT molecular complexity index is 515. The fourth-order valence-electron chi connectivity index (χ4n) is 1.20. The number of rotatable bonds is 2. The number of nitriles is 1. The summed E-state index contributed by atoms with van der Waals surface area (Å²) in [6.07, 6.45) is 0. The molecule has 0 aliphatic carbocycles. The van der Waals surface area contributed by atoms with Crippen molar-refractivity contribution in [1.82, 2.24) is 0 Å². The molecule has 0 aromatic heterocycles. The molecule has 2 N–H and O–H groups in total. The zero-order valence-electron chi connectivity index (χ0n) is 8.42. The van der Waals surface area contributed by atoms with Gasteiger partial charge in [-0.2, -0.15) is 5.26 Å². The zero-order chi connectivity index (χ0) is 12.3. The number of nitrogens with zero attached hydrogens (tertiary/aromatic N) is 1. The number of hydrogen-bond acceptors (Lipinski definition) is 2. The molecule has 0 radical (unpaired) electrons. The third-order valence-electron chi connectivity index (χ3n) is 2.09. The third-order valence-corrected chi connectivity index (χ3v) is 2.09. The van der Waals surface area contributed by atoms with Crippen LogP contribution in [0.25, 0.3) is 5.57 Å². The van der Waals surface area contributed by atoms with Crippen molar-refractivity contribution < 1.29 is 13.6 Å². The van der Waals surface area contributed by atoms with Crippen molar-refractivity contribution in [3.05, 3.63) is 41.0 Å². The fraction of sp³-hybridized carbons (Fsp3) is 0.0909. The van der Waals surface area contributed by atoms with Crippen LogP contribution < -0.4 is 5.73 Å². The third kappa shape index (κ3) is 2.23. The van der Waals surface area contributed by atoms with E-state index in [0.717, 1.165) is 12.1 Å². The van der Waals surface area contributed by atoms with E-state index in [0.29, 0.717) is 0 Å². The highest BCUT2D eigenvalue weighted by Crippen LogP contribution is 2.20. The van der Waals surface area contributed by atoms with E-state index in [1.165, 1.54) is 13.0 Å². The fourth-order valence-corrected chi connectivity index (χ4v) is 1.20. The molecule has 0 spiro atoms. The quantitative estimate of drug-likeness (QED) is 0.611. The van der Waals surface area contributed by atoms with Gasteiger partial charge in [0.15, 0.2) is 11.6 Å². The number of amides is 1. The van der Waals surface area contributed by atoms with Crippen LogP contribution in [-0.2, 0) is 4.79 Å². The van der Waals surface area contributed by atoms with Crippen LogP contribution >= 0.6 is 0 Å². The standard InChI is InChI=1S/C11H8F2N2O/c1-6(8(5-14)11(15)16)7-2-3-9(12)10(13)4-7/h2-4H,1H3,(H2,15,16). The van der Waals surface area contributed by atoms with Crippen molar-refractivity contribution in [2.24, 2.45) is 5.73 Å². The Hall–Kier alpha value is -2.22. The van der Waals surface area contributed by atoms with Gasteiger partial charge in [-0.3, -0.25) is 4.79 Å². The number of allylic oxidation sites excluding steroid dienone is 1. The Morgan fingerprint density at radius 1 is 1.38 bits per heavy atom. The minimum atomic E-state index is -1.04. The molecule has 0 aliphatic heterocycles. The Kier molecular flexibility index (Phi) is 3.36. The van der Waals surface area contributed by atoms with Crippen LogP contribution in [0.1, 0.15) is 12.5 Å². The van der Waals surface area contributed by atoms with Crippen LogP contribution in [0.2, 0.25) is 0 Å². The highest BCUT2D eigenvalue weighted by molar-refractivity contribution is 6.03. The number of hydrogen-bond donors (Lipinski definition) is 1. The second-order valence-corrected chi connectivity index (χ2v) is 3.10. The van der Waals surface area contributed by atoms with Crippen molar-refractivity contribution in [3.63, 3.8) is 0 Å². The van der Waals surface area contributed by atoms with Gasteiger partial charge in [0.05, 0.1) is 0 Å². The molecule has 16 heavy (non-hydrogen) atoms. The lowest BCUT2D eigenvalue weighted by atomic mass is 10.0. The summed E-state index contributed by atoms with van der Waals surface area (Å²) in [5, 5.41) is 8.68. The van der Waals surface area contributed by atoms with E-state index in [1.54, 1.807) is 6.07 Å². The van der Waals surface area contributed by atoms with Gasteiger partial charge >= 0.3 is 0 Å². The maximum atomic E-state index is 12.9. The van der Waals surface area contributed by atoms with E-state index in [9.17, 15) is 13.6 Å². The number of carbonyl (C=O) groups excluding carboxylic acids is 1. The molecule has 5 heteroatoms. The largest absolute Gasteiger partial charge is 0.365 e. The van der Waals surface area contributed by atoms with Gasteiger partial charge in [-0.05, 0) is 30.2 Å². The van der Waals surface area contributed by atoms with Gasteiger partial charge < -0.3 is 5.73 Å². The second kappa shape index (κ2) is 4.53. The molecule has 0 atom stereocenters. The number of nitrogens with two attached hydrogens (primary N) is 1. The summed E-state index contributed by atoms with van der Waals surface area (Å²) < 4.78 is 25.6. The van der Waals surface area contributed by atoms with E-state index < -0.39 is 17.5 Å². The average Bonchev–Trinajstić information content (AvgIpc) is 2.22. The molecule has 0 heterocycles. The van der Waals surface area contributed by atoms with Gasteiger partial charge in [-0.15, -0.1) is 0 Å². The number of primary amides is 1. The molecule has 82 valence electrons. The van der Waals surface area contributed by atoms with Crippen molar-refractivity contribution in [1.29, 1.82) is 5.26 Å². The first-order valence-corrected chi connectivity index (χ1v) is 4.33. The van der Waals surface area contributed by atoms with E-state index in [2.05, 4.69) is 0 Å². The minimum absolute atomic E-state index is 0.217. The molecular formula is C11H8F2N2O. The van der Waals surface area contributed by atoms with Gasteiger partial charge in [0, 0.05) is 0 Å². The normalized spacial score (nSPS) is 11.6. The minimum Gasteiger partial charge on any atom is -0.365 e. The lowest BCUT2D eigenvalue weighted by molar-refractivity contribution is -0.114. The van der Waals surface area contributed by atoms with Crippen LogP contribution in [-0.4, -0.2) is 5.91 Å². The molecule has 0 saturated heterocycles. The first-order valence-electron chi connectivity index (χ1n) is 4.33. The van der Waals surface area contributed by atoms with Crippen molar-refractivity contribution in [3.8, 4) is 6.07 Å². The summed E-state index contributed by atoms with van der Waals surface area (Å²) in [7, 11) is 0. The van der Waals surface area contributed by atoms with Crippen LogP contribution in [0.15, 0.2) is 23.8 Å². The summed E-state index contributed by atoms with van der Waals surface area (Å²) in [5.41, 5.74) is 5.16. The predicted molar refractivity (Wildman–Crippen MR) is 53.8 cm³/mol. The molecule has 0 fully saturated rings. The number of benzene rings is 1. The zero-order valence-corrected chi connectivity index (χ0v) is 8.42. The SMILES string of the molecule is CC(=C(C#N)C(N)=O)c1ccc(F)c(F)c1. The van der Waals surface area contributed by atoms with Crippen molar-refractivity contribution in [2.45, 2.75) is 6.92 Å². The average molecular weight is 222 g/mol. The number of halogens is 2. The Labute approximate surface area is 90.8 Å². The molecule has 0 unspecified atom stereocenters. The summed E-state index contributed by atoms with van der Waals surface area (Å²) in [4.78, 5) is 10.9. The molecular weight excluding hydrogens is 214 g/mol. The van der Waals surface area contributed by atoms with E-state index in [1.807, 2.05) is 0 Å². The second-order valence-electron chi connectivity index (χ2n) is 3.10. The maximum absolute atomic E-state index is 12.9. The summed E-state index contributed by atoms with van der Waals surface area (Å²) >= 11 is 0. The van der Waals surface area contributed by atoms with Crippen LogP contribution in [0.5, 0.6) is 0 Å². The van der Waals surface area contributed by atoms with Crippen molar-refractivity contribution >= 4 is 11.5 Å². The summed E-state index contributed by atoms with van der Waals surface area (Å²) in [5.74, 6) is -2.93. The molecule has 1 rings (SSSR count).